The van der Waals surface area contributed by atoms with E-state index in [0.29, 0.717) is 11.7 Å². The summed E-state index contributed by atoms with van der Waals surface area (Å²) < 4.78 is 0. The summed E-state index contributed by atoms with van der Waals surface area (Å²) in [5.41, 5.74) is 3.29. The molecule has 2 N–H and O–H groups in total. The van der Waals surface area contributed by atoms with Crippen LogP contribution in [0.15, 0.2) is 18.2 Å². The summed E-state index contributed by atoms with van der Waals surface area (Å²) in [6.45, 7) is 7.20. The first kappa shape index (κ1) is 14.6. The maximum atomic E-state index is 10.6. The summed E-state index contributed by atoms with van der Waals surface area (Å²) in [4.78, 5) is 0. The highest BCUT2D eigenvalue weighted by molar-refractivity contribution is 5.43. The van der Waals surface area contributed by atoms with Gasteiger partial charge >= 0.3 is 0 Å². The molecular weight excluding hydrogens is 272 g/mol. The van der Waals surface area contributed by atoms with Crippen molar-refractivity contribution in [3.63, 3.8) is 0 Å². The van der Waals surface area contributed by atoms with Gasteiger partial charge in [-0.25, -0.2) is 0 Å². The van der Waals surface area contributed by atoms with Crippen LogP contribution in [-0.4, -0.2) is 16.3 Å². The van der Waals surface area contributed by atoms with Crippen LogP contribution >= 0.6 is 0 Å². The Kier molecular flexibility index (Phi) is 2.84. The second kappa shape index (κ2) is 4.29. The number of rotatable bonds is 0. The number of fused-ring (bicyclic) bond motifs is 5. The summed E-state index contributed by atoms with van der Waals surface area (Å²) in [7, 11) is 0. The minimum Gasteiger partial charge on any atom is -0.508 e. The fourth-order valence-electron chi connectivity index (χ4n) is 6.45. The third-order valence-corrected chi connectivity index (χ3v) is 8.09. The van der Waals surface area contributed by atoms with Crippen molar-refractivity contribution in [3.05, 3.63) is 29.3 Å². The van der Waals surface area contributed by atoms with Crippen molar-refractivity contribution in [1.29, 1.82) is 0 Å². The third kappa shape index (κ3) is 1.55. The van der Waals surface area contributed by atoms with Crippen molar-refractivity contribution >= 4 is 0 Å². The lowest BCUT2D eigenvalue weighted by molar-refractivity contribution is -0.107. The molecule has 2 saturated carbocycles. The van der Waals surface area contributed by atoms with Crippen LogP contribution in [0.1, 0.15) is 64.0 Å². The zero-order valence-corrected chi connectivity index (χ0v) is 14.0. The van der Waals surface area contributed by atoms with Crippen molar-refractivity contribution in [2.75, 3.05) is 0 Å². The van der Waals surface area contributed by atoms with Crippen LogP contribution in [-0.2, 0) is 11.8 Å². The van der Waals surface area contributed by atoms with E-state index in [1.54, 1.807) is 0 Å². The van der Waals surface area contributed by atoms with Crippen LogP contribution in [0.5, 0.6) is 5.75 Å². The normalized spacial score (nSPS) is 46.7. The Bertz CT molecular complexity index is 624. The lowest BCUT2D eigenvalue weighted by atomic mass is 9.43. The van der Waals surface area contributed by atoms with Crippen LogP contribution in [0.4, 0.5) is 0 Å². The number of aliphatic hydroxyl groups excluding tert-OH is 1. The SMILES string of the molecule is CC12CC[C@]3(C)[C@@H](O)CC[C@@]3(C)C1CCc1cc(O)ccc12. The molecule has 0 aromatic heterocycles. The first-order chi connectivity index (χ1) is 10.3. The second-order valence-electron chi connectivity index (χ2n) is 8.74. The Balaban J connectivity index is 1.84. The summed E-state index contributed by atoms with van der Waals surface area (Å²) in [5.74, 6) is 1.02. The van der Waals surface area contributed by atoms with Gasteiger partial charge in [0.1, 0.15) is 5.75 Å². The largest absolute Gasteiger partial charge is 0.508 e. The van der Waals surface area contributed by atoms with Gasteiger partial charge in [0.25, 0.3) is 0 Å². The standard InChI is InChI=1S/C20H28O2/c1-18-10-11-20(3)17(22)8-9-19(20,2)16(18)7-4-13-12-14(21)5-6-15(13)18/h5-6,12,16-17,21-22H,4,7-11H2,1-3H3/t16?,17-,18?,19-,20+/m0/s1. The molecular formula is C20H28O2. The van der Waals surface area contributed by atoms with Gasteiger partial charge in [0, 0.05) is 0 Å². The number of phenolic OH excluding ortho intramolecular Hbond substituents is 1. The number of hydrogen-bond acceptors (Lipinski definition) is 2. The van der Waals surface area contributed by atoms with Crippen LogP contribution < -0.4 is 0 Å². The topological polar surface area (TPSA) is 40.5 Å². The van der Waals surface area contributed by atoms with E-state index in [0.717, 1.165) is 32.1 Å². The molecule has 0 heterocycles. The number of aromatic hydroxyl groups is 1. The van der Waals surface area contributed by atoms with Gasteiger partial charge in [-0.2, -0.15) is 0 Å². The highest BCUT2D eigenvalue weighted by atomic mass is 16.3. The lowest BCUT2D eigenvalue weighted by Gasteiger charge is -2.61. The van der Waals surface area contributed by atoms with Crippen molar-refractivity contribution < 1.29 is 10.2 Å². The van der Waals surface area contributed by atoms with E-state index in [9.17, 15) is 10.2 Å². The molecule has 22 heavy (non-hydrogen) atoms. The summed E-state index contributed by atoms with van der Waals surface area (Å²) >= 11 is 0. The Hall–Kier alpha value is -1.02. The van der Waals surface area contributed by atoms with E-state index in [4.69, 9.17) is 0 Å². The molecule has 2 unspecified atom stereocenters. The van der Waals surface area contributed by atoms with Gasteiger partial charge in [0.2, 0.25) is 0 Å². The van der Waals surface area contributed by atoms with Crippen LogP contribution in [0.3, 0.4) is 0 Å². The Morgan fingerprint density at radius 1 is 1.00 bits per heavy atom. The van der Waals surface area contributed by atoms with Crippen LogP contribution in [0, 0.1) is 16.7 Å². The maximum absolute atomic E-state index is 10.6. The molecule has 2 fully saturated rings. The predicted octanol–water partition coefficient (Wildman–Crippen LogP) is 4.17. The van der Waals surface area contributed by atoms with E-state index >= 15 is 0 Å². The molecule has 2 heteroatoms. The average Bonchev–Trinajstić information content (AvgIpc) is 2.71. The van der Waals surface area contributed by atoms with Crippen molar-refractivity contribution in [2.24, 2.45) is 16.7 Å². The first-order valence-electron chi connectivity index (χ1n) is 8.82. The maximum Gasteiger partial charge on any atom is 0.115 e. The molecule has 3 aliphatic rings. The molecule has 120 valence electrons. The van der Waals surface area contributed by atoms with E-state index in [1.165, 1.54) is 17.5 Å². The van der Waals surface area contributed by atoms with E-state index in [2.05, 4.69) is 26.8 Å². The molecule has 2 nitrogen and oxygen atoms in total. The highest BCUT2D eigenvalue weighted by Gasteiger charge is 2.64. The zero-order valence-electron chi connectivity index (χ0n) is 14.0. The zero-order chi connectivity index (χ0) is 15.8. The molecule has 0 radical (unpaired) electrons. The molecule has 4 rings (SSSR count). The van der Waals surface area contributed by atoms with Gasteiger partial charge in [0.15, 0.2) is 0 Å². The van der Waals surface area contributed by atoms with Crippen molar-refractivity contribution in [3.8, 4) is 5.75 Å². The number of benzene rings is 1. The summed E-state index contributed by atoms with van der Waals surface area (Å²) in [6, 6.07) is 5.98. The monoisotopic (exact) mass is 300 g/mol. The van der Waals surface area contributed by atoms with Gasteiger partial charge in [-0.05, 0) is 83.9 Å². The fourth-order valence-corrected chi connectivity index (χ4v) is 6.45. The average molecular weight is 300 g/mol. The molecule has 1 aromatic rings. The van der Waals surface area contributed by atoms with Gasteiger partial charge in [-0.1, -0.05) is 26.8 Å². The third-order valence-electron chi connectivity index (χ3n) is 8.09. The smallest absolute Gasteiger partial charge is 0.115 e. The predicted molar refractivity (Wildman–Crippen MR) is 88.0 cm³/mol. The van der Waals surface area contributed by atoms with E-state index < -0.39 is 0 Å². The second-order valence-corrected chi connectivity index (χ2v) is 8.74. The fraction of sp³-hybridized carbons (Fsp3) is 0.700. The molecule has 0 saturated heterocycles. The minimum absolute atomic E-state index is 0.0750. The van der Waals surface area contributed by atoms with Crippen LogP contribution in [0.25, 0.3) is 0 Å². The molecule has 0 amide bonds. The molecule has 0 bridgehead atoms. The van der Waals surface area contributed by atoms with E-state index in [1.807, 2.05) is 12.1 Å². The minimum atomic E-state index is -0.136. The highest BCUT2D eigenvalue weighted by Crippen LogP contribution is 2.69. The number of phenols is 1. The number of aryl methyl sites for hydroxylation is 1. The molecule has 0 spiro atoms. The number of aliphatic hydroxyl groups is 1. The Morgan fingerprint density at radius 2 is 1.77 bits per heavy atom. The summed E-state index contributed by atoms with van der Waals surface area (Å²) in [6.07, 6.45) is 6.48. The van der Waals surface area contributed by atoms with Gasteiger partial charge in [-0.15, -0.1) is 0 Å². The lowest BCUT2D eigenvalue weighted by Crippen LogP contribution is -2.57. The van der Waals surface area contributed by atoms with Gasteiger partial charge in [-0.3, -0.25) is 0 Å². The quantitative estimate of drug-likeness (QED) is 0.755. The molecule has 3 aliphatic carbocycles. The molecule has 0 aliphatic heterocycles. The number of hydrogen-bond donors (Lipinski definition) is 2. The van der Waals surface area contributed by atoms with Crippen molar-refractivity contribution in [1.82, 2.24) is 0 Å². The Morgan fingerprint density at radius 3 is 2.55 bits per heavy atom. The van der Waals surface area contributed by atoms with Crippen molar-refractivity contribution in [2.45, 2.75) is 70.8 Å². The molecule has 1 aromatic carbocycles. The van der Waals surface area contributed by atoms with Gasteiger partial charge < -0.3 is 10.2 Å². The van der Waals surface area contributed by atoms with E-state index in [-0.39, 0.29) is 22.3 Å². The Labute approximate surface area is 133 Å². The first-order valence-corrected chi connectivity index (χ1v) is 8.82. The summed E-state index contributed by atoms with van der Waals surface area (Å²) in [5, 5.41) is 20.4. The molecule has 5 atom stereocenters. The van der Waals surface area contributed by atoms with Crippen LogP contribution in [0.2, 0.25) is 0 Å². The van der Waals surface area contributed by atoms with Gasteiger partial charge in [0.05, 0.1) is 6.10 Å².